The normalized spacial score (nSPS) is 13.6. The second-order valence-electron chi connectivity index (χ2n) is 2.33. The van der Waals surface area contributed by atoms with Gasteiger partial charge in [-0.1, -0.05) is 0 Å². The highest BCUT2D eigenvalue weighted by molar-refractivity contribution is 5.73. The average molecular weight is 147 g/mol. The van der Waals surface area contributed by atoms with E-state index < -0.39 is 12.0 Å². The number of nitrogens with zero attached hydrogens (tertiary/aromatic N) is 1. The molecule has 0 radical (unpaired) electrons. The molecule has 0 saturated heterocycles. The van der Waals surface area contributed by atoms with Crippen LogP contribution in [0.5, 0.6) is 0 Å². The van der Waals surface area contributed by atoms with Crippen LogP contribution in [0.3, 0.4) is 0 Å². The van der Waals surface area contributed by atoms with Crippen LogP contribution >= 0.6 is 0 Å². The molecule has 1 unspecified atom stereocenters. The van der Waals surface area contributed by atoms with Gasteiger partial charge >= 0.3 is 5.97 Å². The van der Waals surface area contributed by atoms with Gasteiger partial charge in [0.1, 0.15) is 6.04 Å². The Hall–Kier alpha value is -0.610. The zero-order valence-corrected chi connectivity index (χ0v) is 6.24. The molecule has 0 bridgehead atoms. The lowest BCUT2D eigenvalue weighted by atomic mass is 10.2. The molecule has 2 N–H and O–H groups in total. The van der Waals surface area contributed by atoms with Crippen molar-refractivity contribution in [1.82, 2.24) is 4.90 Å². The van der Waals surface area contributed by atoms with Crippen LogP contribution < -0.4 is 0 Å². The summed E-state index contributed by atoms with van der Waals surface area (Å²) in [5.74, 6) is -0.890. The molecule has 0 aromatic rings. The maximum atomic E-state index is 10.4. The molecule has 0 aliphatic carbocycles. The number of carboxylic acids is 1. The minimum absolute atomic E-state index is 0.0881. The van der Waals surface area contributed by atoms with Crippen LogP contribution in [0.25, 0.3) is 0 Å². The van der Waals surface area contributed by atoms with Crippen molar-refractivity contribution < 1.29 is 15.0 Å². The van der Waals surface area contributed by atoms with Gasteiger partial charge in [0.05, 0.1) is 0 Å². The SMILES string of the molecule is CN(C)C(CCO)C(=O)O. The molecule has 0 saturated carbocycles. The number of carboxylic acid groups (broad SMARTS) is 1. The smallest absolute Gasteiger partial charge is 0.320 e. The van der Waals surface area contributed by atoms with E-state index in [1.165, 1.54) is 0 Å². The zero-order chi connectivity index (χ0) is 8.15. The third kappa shape index (κ3) is 2.80. The molecular formula is C6H13NO3. The van der Waals surface area contributed by atoms with E-state index in [0.29, 0.717) is 0 Å². The van der Waals surface area contributed by atoms with Gasteiger partial charge in [-0.15, -0.1) is 0 Å². The number of likely N-dealkylation sites (N-methyl/N-ethyl adjacent to an activating group) is 1. The molecule has 60 valence electrons. The van der Waals surface area contributed by atoms with Gasteiger partial charge in [-0.05, 0) is 20.5 Å². The van der Waals surface area contributed by atoms with E-state index in [1.54, 1.807) is 19.0 Å². The predicted octanol–water partition coefficient (Wildman–Crippen LogP) is -0.616. The van der Waals surface area contributed by atoms with Crippen LogP contribution in [0, 0.1) is 0 Å². The van der Waals surface area contributed by atoms with E-state index >= 15 is 0 Å². The number of carbonyl (C=O) groups is 1. The van der Waals surface area contributed by atoms with Crippen molar-refractivity contribution in [1.29, 1.82) is 0 Å². The molecule has 0 aromatic heterocycles. The maximum absolute atomic E-state index is 10.4. The van der Waals surface area contributed by atoms with Crippen LogP contribution in [-0.4, -0.2) is 47.8 Å². The summed E-state index contributed by atoms with van der Waals surface area (Å²) < 4.78 is 0. The lowest BCUT2D eigenvalue weighted by Gasteiger charge is -2.18. The Morgan fingerprint density at radius 1 is 1.60 bits per heavy atom. The minimum Gasteiger partial charge on any atom is -0.480 e. The highest BCUT2D eigenvalue weighted by atomic mass is 16.4. The first kappa shape index (κ1) is 9.39. The van der Waals surface area contributed by atoms with Gasteiger partial charge in [0, 0.05) is 6.61 Å². The number of hydrogen-bond acceptors (Lipinski definition) is 3. The first-order chi connectivity index (χ1) is 4.59. The summed E-state index contributed by atoms with van der Waals surface area (Å²) in [6, 6.07) is -0.565. The van der Waals surface area contributed by atoms with Crippen molar-refractivity contribution >= 4 is 5.97 Å². The first-order valence-electron chi connectivity index (χ1n) is 3.09. The summed E-state index contributed by atoms with van der Waals surface area (Å²) in [6.07, 6.45) is 0.280. The zero-order valence-electron chi connectivity index (χ0n) is 6.24. The van der Waals surface area contributed by atoms with Gasteiger partial charge in [0.2, 0.25) is 0 Å². The molecule has 0 fully saturated rings. The van der Waals surface area contributed by atoms with E-state index in [2.05, 4.69) is 0 Å². The molecule has 0 rings (SSSR count). The molecule has 0 spiro atoms. The summed E-state index contributed by atoms with van der Waals surface area (Å²) in [5.41, 5.74) is 0. The molecule has 0 aliphatic heterocycles. The van der Waals surface area contributed by atoms with Crippen LogP contribution in [0.2, 0.25) is 0 Å². The predicted molar refractivity (Wildman–Crippen MR) is 36.8 cm³/mol. The monoisotopic (exact) mass is 147 g/mol. The van der Waals surface area contributed by atoms with Crippen LogP contribution in [-0.2, 0) is 4.79 Å². The third-order valence-electron chi connectivity index (χ3n) is 1.31. The van der Waals surface area contributed by atoms with Crippen molar-refractivity contribution in [2.24, 2.45) is 0 Å². The molecule has 10 heavy (non-hydrogen) atoms. The number of aliphatic hydroxyl groups excluding tert-OH is 1. The van der Waals surface area contributed by atoms with Crippen LogP contribution in [0.1, 0.15) is 6.42 Å². The Balaban J connectivity index is 3.85. The molecule has 4 nitrogen and oxygen atoms in total. The number of aliphatic carboxylic acids is 1. The highest BCUT2D eigenvalue weighted by Gasteiger charge is 2.17. The van der Waals surface area contributed by atoms with Crippen molar-refractivity contribution in [2.45, 2.75) is 12.5 Å². The maximum Gasteiger partial charge on any atom is 0.320 e. The second-order valence-corrected chi connectivity index (χ2v) is 2.33. The Morgan fingerprint density at radius 3 is 2.20 bits per heavy atom. The van der Waals surface area contributed by atoms with Gasteiger partial charge in [-0.25, -0.2) is 0 Å². The summed E-state index contributed by atoms with van der Waals surface area (Å²) in [7, 11) is 3.35. The van der Waals surface area contributed by atoms with Crippen molar-refractivity contribution in [3.8, 4) is 0 Å². The first-order valence-corrected chi connectivity index (χ1v) is 3.09. The topological polar surface area (TPSA) is 60.8 Å². The minimum atomic E-state index is -0.890. The van der Waals surface area contributed by atoms with Crippen molar-refractivity contribution in [2.75, 3.05) is 20.7 Å². The van der Waals surface area contributed by atoms with Gasteiger partial charge in [0.25, 0.3) is 0 Å². The number of aliphatic hydroxyl groups is 1. The lowest BCUT2D eigenvalue weighted by Crippen LogP contribution is -2.36. The Bertz CT molecular complexity index is 114. The van der Waals surface area contributed by atoms with E-state index in [4.69, 9.17) is 10.2 Å². The van der Waals surface area contributed by atoms with Crippen molar-refractivity contribution in [3.63, 3.8) is 0 Å². The van der Waals surface area contributed by atoms with Crippen LogP contribution in [0.4, 0.5) is 0 Å². The van der Waals surface area contributed by atoms with E-state index in [1.807, 2.05) is 0 Å². The molecule has 4 heteroatoms. The fourth-order valence-corrected chi connectivity index (χ4v) is 0.725. The highest BCUT2D eigenvalue weighted by Crippen LogP contribution is 1.97. The summed E-state index contributed by atoms with van der Waals surface area (Å²) in [6.45, 7) is -0.0881. The second kappa shape index (κ2) is 4.24. The largest absolute Gasteiger partial charge is 0.480 e. The van der Waals surface area contributed by atoms with Crippen molar-refractivity contribution in [3.05, 3.63) is 0 Å². The molecular weight excluding hydrogens is 134 g/mol. The Morgan fingerprint density at radius 2 is 2.10 bits per heavy atom. The summed E-state index contributed by atoms with van der Waals surface area (Å²) in [4.78, 5) is 11.9. The van der Waals surface area contributed by atoms with Crippen LogP contribution in [0.15, 0.2) is 0 Å². The molecule has 0 aromatic carbocycles. The van der Waals surface area contributed by atoms with Gasteiger partial charge in [-0.3, -0.25) is 9.69 Å². The Kier molecular flexibility index (Phi) is 3.99. The standard InChI is InChI=1S/C6H13NO3/c1-7(2)5(3-4-8)6(9)10/h5,8H,3-4H2,1-2H3,(H,9,10). The molecule has 0 aliphatic rings. The summed E-state index contributed by atoms with van der Waals surface area (Å²) in [5, 5.41) is 17.0. The van der Waals surface area contributed by atoms with Gasteiger partial charge in [0.15, 0.2) is 0 Å². The van der Waals surface area contributed by atoms with Gasteiger partial charge < -0.3 is 10.2 Å². The molecule has 0 amide bonds. The van der Waals surface area contributed by atoms with Gasteiger partial charge in [-0.2, -0.15) is 0 Å². The van der Waals surface area contributed by atoms with E-state index in [0.717, 1.165) is 0 Å². The van der Waals surface area contributed by atoms with E-state index in [-0.39, 0.29) is 13.0 Å². The summed E-state index contributed by atoms with van der Waals surface area (Å²) >= 11 is 0. The fourth-order valence-electron chi connectivity index (χ4n) is 0.725. The number of rotatable bonds is 4. The average Bonchev–Trinajstić information content (AvgIpc) is 1.81. The molecule has 0 heterocycles. The number of hydrogen-bond donors (Lipinski definition) is 2. The molecule has 1 atom stereocenters. The Labute approximate surface area is 60.1 Å². The fraction of sp³-hybridized carbons (Fsp3) is 0.833. The lowest BCUT2D eigenvalue weighted by molar-refractivity contribution is -0.142. The van der Waals surface area contributed by atoms with E-state index in [9.17, 15) is 4.79 Å². The third-order valence-corrected chi connectivity index (χ3v) is 1.31. The quantitative estimate of drug-likeness (QED) is 0.556.